The van der Waals surface area contributed by atoms with Crippen LogP contribution in [-0.4, -0.2) is 100 Å². The first-order valence-electron chi connectivity index (χ1n) is 16.6. The number of carboxylic acid groups (broad SMARTS) is 2. The lowest BCUT2D eigenvalue weighted by atomic mass is 9.89. The fourth-order valence-corrected chi connectivity index (χ4v) is 7.33. The van der Waals surface area contributed by atoms with Crippen molar-refractivity contribution in [3.63, 3.8) is 0 Å². The van der Waals surface area contributed by atoms with Gasteiger partial charge in [0.05, 0.1) is 11.3 Å². The molecule has 1 saturated heterocycles. The Balaban J connectivity index is 1.20. The largest absolute Gasteiger partial charge is 0.504 e. The van der Waals surface area contributed by atoms with Crippen LogP contribution in [0.4, 0.5) is 16.6 Å². The van der Waals surface area contributed by atoms with Gasteiger partial charge in [-0.15, -0.1) is 23.1 Å². The van der Waals surface area contributed by atoms with Gasteiger partial charge in [0, 0.05) is 36.1 Å². The molecule has 3 aliphatic rings. The number of thiazole rings is 1. The number of Topliss-reactive ketones (excluding diaryl/α,β-unsaturated/α-hetero) is 1. The molecule has 5 rings (SSSR count). The van der Waals surface area contributed by atoms with Gasteiger partial charge in [0.1, 0.15) is 24.1 Å². The number of nitrogens with one attached hydrogen (secondary N) is 2. The molecule has 3 amide bonds. The van der Waals surface area contributed by atoms with Crippen LogP contribution in [0, 0.1) is 5.92 Å². The van der Waals surface area contributed by atoms with Crippen LogP contribution in [0.2, 0.25) is 0 Å². The number of aromatic nitrogens is 3. The van der Waals surface area contributed by atoms with Gasteiger partial charge in [0.25, 0.3) is 12.1 Å². The van der Waals surface area contributed by atoms with E-state index in [0.29, 0.717) is 5.57 Å². The first kappa shape index (κ1) is 40.8. The summed E-state index contributed by atoms with van der Waals surface area (Å²) in [7, 11) is 0. The fourth-order valence-electron chi connectivity index (χ4n) is 5.39. The summed E-state index contributed by atoms with van der Waals surface area (Å²) in [5.74, 6) is -6.82. The zero-order valence-electron chi connectivity index (χ0n) is 29.8. The van der Waals surface area contributed by atoms with Crippen molar-refractivity contribution in [2.24, 2.45) is 11.1 Å². The Labute approximate surface area is 325 Å². The molecule has 2 atom stereocenters. The summed E-state index contributed by atoms with van der Waals surface area (Å²) in [5.41, 5.74) is 10.0. The van der Waals surface area contributed by atoms with E-state index in [1.54, 1.807) is 16.7 Å². The van der Waals surface area contributed by atoms with E-state index in [0.717, 1.165) is 22.3 Å². The number of hydrogen-bond acceptors (Lipinski definition) is 16. The van der Waals surface area contributed by atoms with Gasteiger partial charge in [-0.3, -0.25) is 28.9 Å². The summed E-state index contributed by atoms with van der Waals surface area (Å²) in [6.45, 7) is 2.58. The van der Waals surface area contributed by atoms with Gasteiger partial charge < -0.3 is 42.3 Å². The number of fused-ring (bicyclic) bond motifs is 1. The molecule has 4 heterocycles. The number of thioether (sulfide) groups is 1. The number of hydrogen-bond donors (Lipinski definition) is 7. The molecule has 294 valence electrons. The predicted molar refractivity (Wildman–Crippen MR) is 199 cm³/mol. The van der Waals surface area contributed by atoms with Gasteiger partial charge in [0.15, 0.2) is 28.1 Å². The maximum absolute atomic E-state index is 13.4. The van der Waals surface area contributed by atoms with Gasteiger partial charge in [-0.05, 0) is 49.1 Å². The summed E-state index contributed by atoms with van der Waals surface area (Å²) in [5, 5.41) is 38.7. The lowest BCUT2D eigenvalue weighted by molar-refractivity contribution is -0.689. The van der Waals surface area contributed by atoms with Crippen molar-refractivity contribution in [3.8, 4) is 0 Å². The highest BCUT2D eigenvalue weighted by Gasteiger charge is 2.54. The summed E-state index contributed by atoms with van der Waals surface area (Å²) < 4.78 is 1.56. The van der Waals surface area contributed by atoms with E-state index in [1.165, 1.54) is 49.6 Å². The van der Waals surface area contributed by atoms with Crippen LogP contribution >= 0.6 is 23.1 Å². The zero-order valence-corrected chi connectivity index (χ0v) is 31.4. The third-order valence-electron chi connectivity index (χ3n) is 8.45. The van der Waals surface area contributed by atoms with Gasteiger partial charge in [-0.2, -0.15) is 0 Å². The Morgan fingerprint density at radius 2 is 1.95 bits per heavy atom. The number of aliphatic hydroxyl groups excluding tert-OH is 1. The molecule has 9 N–H and O–H groups in total. The Morgan fingerprint density at radius 3 is 2.61 bits per heavy atom. The predicted octanol–water partition coefficient (Wildman–Crippen LogP) is 0.445. The number of ketones is 2. The summed E-state index contributed by atoms with van der Waals surface area (Å²) in [4.78, 5) is 102. The third-order valence-corrected chi connectivity index (χ3v) is 10.5. The molecule has 1 fully saturated rings. The van der Waals surface area contributed by atoms with Crippen molar-refractivity contribution in [1.29, 1.82) is 0 Å². The highest BCUT2D eigenvalue weighted by molar-refractivity contribution is 8.00. The van der Waals surface area contributed by atoms with E-state index in [9.17, 15) is 48.9 Å². The standard InChI is InChI=1S/C34H35N9O11S2/c1-34(2,32(52)53)54-41-25(20-14-56-33(36)40-20)23(46)11-18-29(49)43-26(31(50)51)17(13-55-30(18)43)4-3-9-42-12-19(27(35)38-15-42)39-24(47)7-8-37-28(48)16-5-6-21(44)22(45)10-16/h3-4,6,10,12,14-15,18,30,35H,5,7-9,11,13H2,1-2H3,(H7,36,37,39,40,44,47,48,50,51,52,53)/p+1/b4-3+,41-25-/t18-,30?/m1/s1. The molecule has 2 aliphatic heterocycles. The second-order valence-corrected chi connectivity index (χ2v) is 14.9. The van der Waals surface area contributed by atoms with Crippen molar-refractivity contribution in [3.05, 3.63) is 70.5 Å². The van der Waals surface area contributed by atoms with Crippen LogP contribution in [0.25, 0.3) is 0 Å². The monoisotopic (exact) mass is 810 g/mol. The summed E-state index contributed by atoms with van der Waals surface area (Å²) in [6.07, 6.45) is 7.89. The lowest BCUT2D eigenvalue weighted by Crippen LogP contribution is -2.62. The number of amides is 3. The molecule has 0 spiro atoms. The first-order valence-corrected chi connectivity index (χ1v) is 18.6. The van der Waals surface area contributed by atoms with Gasteiger partial charge in [0.2, 0.25) is 29.1 Å². The molecule has 1 unspecified atom stereocenters. The molecular formula is C34H36N9O11S2+. The van der Waals surface area contributed by atoms with Crippen molar-refractivity contribution in [1.82, 2.24) is 20.2 Å². The van der Waals surface area contributed by atoms with Crippen LogP contribution in [0.5, 0.6) is 0 Å². The summed E-state index contributed by atoms with van der Waals surface area (Å²) >= 11 is 2.28. The SMILES string of the molecule is CC(C)(O/N=C(\C(=O)C[C@@H]1C(=O)N2C(C(=O)O)=C(/C=C/C[n+]3cnc(N)c(NC(=O)CCNC(=O)C4=CC(=O)C(O)=CC4)c3)CSC12)c1csc(N)n1)C(=O)O. The molecule has 1 aliphatic carbocycles. The number of carbonyl (C=O) groups excluding carboxylic acids is 5. The number of carbonyl (C=O) groups is 7. The van der Waals surface area contributed by atoms with Gasteiger partial charge in [-0.25, -0.2) is 19.1 Å². The van der Waals surface area contributed by atoms with Crippen LogP contribution in [0.3, 0.4) is 0 Å². The second-order valence-electron chi connectivity index (χ2n) is 12.9. The Bertz CT molecular complexity index is 2170. The molecular weight excluding hydrogens is 775 g/mol. The number of nitrogens with two attached hydrogens (primary N) is 2. The second kappa shape index (κ2) is 16.9. The molecule has 20 nitrogen and oxygen atoms in total. The number of rotatable bonds is 16. The van der Waals surface area contributed by atoms with Gasteiger partial charge in [-0.1, -0.05) is 11.2 Å². The van der Waals surface area contributed by atoms with Crippen LogP contribution in [0.1, 0.15) is 38.8 Å². The van der Waals surface area contributed by atoms with E-state index in [2.05, 4.69) is 25.8 Å². The normalized spacial score (nSPS) is 18.5. The van der Waals surface area contributed by atoms with E-state index in [4.69, 9.17) is 16.3 Å². The maximum atomic E-state index is 13.4. The number of nitrogens with zero attached hydrogens (tertiary/aromatic N) is 5. The number of aliphatic carboxylic acids is 2. The molecule has 22 heteroatoms. The molecule has 0 aromatic carbocycles. The van der Waals surface area contributed by atoms with Crippen LogP contribution in [0.15, 0.2) is 70.0 Å². The highest BCUT2D eigenvalue weighted by Crippen LogP contribution is 2.45. The molecule has 0 saturated carbocycles. The zero-order chi connectivity index (χ0) is 40.9. The number of anilines is 3. The molecule has 0 bridgehead atoms. The van der Waals surface area contributed by atoms with E-state index in [-0.39, 0.29) is 77.4 Å². The first-order chi connectivity index (χ1) is 26.5. The smallest absolute Gasteiger partial charge is 0.352 e. The third kappa shape index (κ3) is 9.26. The van der Waals surface area contributed by atoms with E-state index in [1.807, 2.05) is 0 Å². The highest BCUT2D eigenvalue weighted by atomic mass is 32.2. The van der Waals surface area contributed by atoms with Gasteiger partial charge >= 0.3 is 11.9 Å². The van der Waals surface area contributed by atoms with Crippen LogP contribution < -0.4 is 26.7 Å². The summed E-state index contributed by atoms with van der Waals surface area (Å²) in [6, 6.07) is 0. The molecule has 56 heavy (non-hydrogen) atoms. The number of β-lactam (4-membered cyclic amide) rings is 1. The molecule has 2 aromatic heterocycles. The number of aliphatic hydroxyl groups is 1. The topological polar surface area (TPSA) is 311 Å². The fraction of sp³-hybridized carbons (Fsp3) is 0.324. The number of oxime groups is 1. The van der Waals surface area contributed by atoms with Crippen molar-refractivity contribution in [2.45, 2.75) is 50.6 Å². The number of nitrogen functional groups attached to an aromatic ring is 2. The van der Waals surface area contributed by atoms with Crippen molar-refractivity contribution in [2.75, 3.05) is 29.1 Å². The van der Waals surface area contributed by atoms with Crippen molar-refractivity contribution < 1.29 is 58.3 Å². The van der Waals surface area contributed by atoms with E-state index < -0.39 is 63.9 Å². The quantitative estimate of drug-likeness (QED) is 0.0524. The Morgan fingerprint density at radius 1 is 1.20 bits per heavy atom. The molecule has 0 radical (unpaired) electrons. The lowest BCUT2D eigenvalue weighted by Gasteiger charge is -2.49. The average molecular weight is 811 g/mol. The van der Waals surface area contributed by atoms with Crippen molar-refractivity contribution >= 4 is 86.7 Å². The Kier molecular flexibility index (Phi) is 12.3. The molecule has 2 aromatic rings. The number of allylic oxidation sites excluding steroid dienone is 4. The number of carboxylic acids is 2. The maximum Gasteiger partial charge on any atom is 0.352 e. The Hall–Kier alpha value is -6.42. The minimum absolute atomic E-state index is 0.0146. The van der Waals surface area contributed by atoms with Crippen LogP contribution in [-0.2, 0) is 44.9 Å². The van der Waals surface area contributed by atoms with E-state index >= 15 is 0 Å². The minimum Gasteiger partial charge on any atom is -0.504 e. The average Bonchev–Trinajstić information content (AvgIpc) is 3.57. The minimum atomic E-state index is -1.78.